The molecule has 0 aliphatic heterocycles. The first-order chi connectivity index (χ1) is 4.35. The molecule has 0 saturated carbocycles. The van der Waals surface area contributed by atoms with Crippen molar-refractivity contribution in [3.05, 3.63) is 0 Å². The lowest BCUT2D eigenvalue weighted by Gasteiger charge is -2.08. The Balaban J connectivity index is 0. The number of rotatable bonds is 5. The third-order valence-corrected chi connectivity index (χ3v) is 1.80. The highest BCUT2D eigenvalue weighted by Crippen LogP contribution is 2.10. The van der Waals surface area contributed by atoms with Gasteiger partial charge < -0.3 is 11.3 Å². The predicted molar refractivity (Wildman–Crippen MR) is 45.4 cm³/mol. The molecular formula is C8H21NO. The van der Waals surface area contributed by atoms with Crippen molar-refractivity contribution in [2.75, 3.05) is 6.61 Å². The Kier molecular flexibility index (Phi) is 11.2. The van der Waals surface area contributed by atoms with Crippen LogP contribution in [0.4, 0.5) is 0 Å². The zero-order valence-corrected chi connectivity index (χ0v) is 7.27. The number of hydrogen-bond acceptors (Lipinski definition) is 2. The summed E-state index contributed by atoms with van der Waals surface area (Å²) in [6.07, 6.45) is 4.83. The summed E-state index contributed by atoms with van der Waals surface area (Å²) in [5.41, 5.74) is 0. The smallest absolute Gasteiger partial charge is 0.0459 e. The van der Waals surface area contributed by atoms with Crippen LogP contribution in [0.3, 0.4) is 0 Å². The van der Waals surface area contributed by atoms with E-state index in [-0.39, 0.29) is 6.15 Å². The van der Waals surface area contributed by atoms with Crippen molar-refractivity contribution >= 4 is 0 Å². The van der Waals surface area contributed by atoms with Gasteiger partial charge in [0.05, 0.1) is 0 Å². The summed E-state index contributed by atoms with van der Waals surface area (Å²) in [7, 11) is 0. The Morgan fingerprint density at radius 2 is 1.90 bits per heavy atom. The molecule has 0 aromatic carbocycles. The minimum atomic E-state index is 0. The van der Waals surface area contributed by atoms with Crippen LogP contribution < -0.4 is 6.15 Å². The van der Waals surface area contributed by atoms with Crippen LogP contribution in [-0.4, -0.2) is 11.7 Å². The van der Waals surface area contributed by atoms with Gasteiger partial charge in [0.2, 0.25) is 0 Å². The Labute approximate surface area is 64.2 Å². The molecule has 0 spiro atoms. The highest BCUT2D eigenvalue weighted by molar-refractivity contribution is 4.53. The van der Waals surface area contributed by atoms with Gasteiger partial charge in [-0.1, -0.05) is 33.1 Å². The van der Waals surface area contributed by atoms with Gasteiger partial charge in [-0.25, -0.2) is 0 Å². The monoisotopic (exact) mass is 147 g/mol. The second-order valence-corrected chi connectivity index (χ2v) is 2.60. The van der Waals surface area contributed by atoms with Gasteiger partial charge in [-0.15, -0.1) is 0 Å². The Morgan fingerprint density at radius 3 is 2.20 bits per heavy atom. The second-order valence-electron chi connectivity index (χ2n) is 2.60. The fourth-order valence-electron chi connectivity index (χ4n) is 0.917. The normalized spacial score (nSPS) is 12.3. The molecule has 64 valence electrons. The summed E-state index contributed by atoms with van der Waals surface area (Å²) in [5, 5.41) is 8.75. The van der Waals surface area contributed by atoms with Gasteiger partial charge in [0.25, 0.3) is 0 Å². The first-order valence-electron chi connectivity index (χ1n) is 3.96. The highest BCUT2D eigenvalue weighted by atomic mass is 16.3. The van der Waals surface area contributed by atoms with Gasteiger partial charge in [-0.2, -0.15) is 0 Å². The summed E-state index contributed by atoms with van der Waals surface area (Å²) >= 11 is 0. The Morgan fingerprint density at radius 1 is 1.30 bits per heavy atom. The molecule has 0 fully saturated rings. The standard InChI is InChI=1S/C8H18O.H3N/c1-3-5-6-8(4-2)7-9;/h8-9H,3-7H2,1-2H3;1H3. The van der Waals surface area contributed by atoms with Gasteiger partial charge in [-0.3, -0.25) is 0 Å². The average molecular weight is 147 g/mol. The molecule has 0 aliphatic rings. The first kappa shape index (κ1) is 12.6. The fraction of sp³-hybridized carbons (Fsp3) is 1.00. The van der Waals surface area contributed by atoms with Crippen molar-refractivity contribution in [1.29, 1.82) is 0 Å². The molecule has 0 radical (unpaired) electrons. The summed E-state index contributed by atoms with van der Waals surface area (Å²) in [5.74, 6) is 0.560. The third kappa shape index (κ3) is 6.05. The SMILES string of the molecule is CCCCC(CC)CO.N. The largest absolute Gasteiger partial charge is 0.396 e. The molecule has 0 saturated heterocycles. The number of hydrogen-bond donors (Lipinski definition) is 2. The fourth-order valence-corrected chi connectivity index (χ4v) is 0.917. The maximum absolute atomic E-state index is 8.75. The summed E-state index contributed by atoms with van der Waals surface area (Å²) in [6, 6.07) is 0. The third-order valence-electron chi connectivity index (χ3n) is 1.80. The van der Waals surface area contributed by atoms with Crippen LogP contribution in [0.25, 0.3) is 0 Å². The molecule has 0 aromatic rings. The molecule has 2 heteroatoms. The average Bonchev–Trinajstić information content (AvgIpc) is 1.91. The minimum Gasteiger partial charge on any atom is -0.396 e. The quantitative estimate of drug-likeness (QED) is 0.627. The molecule has 1 unspecified atom stereocenters. The Bertz CT molecular complexity index is 53.2. The van der Waals surface area contributed by atoms with Crippen molar-refractivity contribution in [3.63, 3.8) is 0 Å². The van der Waals surface area contributed by atoms with E-state index >= 15 is 0 Å². The van der Waals surface area contributed by atoms with E-state index in [2.05, 4.69) is 13.8 Å². The molecule has 2 nitrogen and oxygen atoms in total. The van der Waals surface area contributed by atoms with Gasteiger partial charge in [-0.05, 0) is 12.3 Å². The number of aliphatic hydroxyl groups excluding tert-OH is 1. The first-order valence-corrected chi connectivity index (χ1v) is 3.96. The predicted octanol–water partition coefficient (Wildman–Crippen LogP) is 2.36. The van der Waals surface area contributed by atoms with E-state index in [0.29, 0.717) is 12.5 Å². The number of unbranched alkanes of at least 4 members (excludes halogenated alkanes) is 1. The lowest BCUT2D eigenvalue weighted by atomic mass is 10.0. The molecule has 4 N–H and O–H groups in total. The summed E-state index contributed by atoms with van der Waals surface area (Å²) in [4.78, 5) is 0. The number of aliphatic hydroxyl groups is 1. The summed E-state index contributed by atoms with van der Waals surface area (Å²) < 4.78 is 0. The molecule has 0 rings (SSSR count). The molecule has 0 heterocycles. The van der Waals surface area contributed by atoms with Crippen molar-refractivity contribution < 1.29 is 5.11 Å². The lowest BCUT2D eigenvalue weighted by Crippen LogP contribution is -2.03. The van der Waals surface area contributed by atoms with Crippen LogP contribution in [0, 0.1) is 5.92 Å². The molecule has 0 aliphatic carbocycles. The molecule has 0 bridgehead atoms. The van der Waals surface area contributed by atoms with Gasteiger partial charge >= 0.3 is 0 Å². The van der Waals surface area contributed by atoms with Crippen molar-refractivity contribution in [1.82, 2.24) is 6.15 Å². The molecule has 0 aromatic heterocycles. The lowest BCUT2D eigenvalue weighted by molar-refractivity contribution is 0.212. The van der Waals surface area contributed by atoms with Crippen molar-refractivity contribution in [2.45, 2.75) is 39.5 Å². The minimum absolute atomic E-state index is 0. The molecule has 10 heavy (non-hydrogen) atoms. The van der Waals surface area contributed by atoms with E-state index in [0.717, 1.165) is 6.42 Å². The van der Waals surface area contributed by atoms with Crippen LogP contribution in [0.2, 0.25) is 0 Å². The van der Waals surface area contributed by atoms with E-state index in [1.807, 2.05) is 0 Å². The maximum atomic E-state index is 8.75. The topological polar surface area (TPSA) is 55.2 Å². The van der Waals surface area contributed by atoms with Gasteiger partial charge in [0.1, 0.15) is 0 Å². The van der Waals surface area contributed by atoms with E-state index < -0.39 is 0 Å². The van der Waals surface area contributed by atoms with Crippen LogP contribution in [0.1, 0.15) is 39.5 Å². The maximum Gasteiger partial charge on any atom is 0.0459 e. The summed E-state index contributed by atoms with van der Waals surface area (Å²) in [6.45, 7) is 4.69. The van der Waals surface area contributed by atoms with E-state index in [1.165, 1.54) is 19.3 Å². The van der Waals surface area contributed by atoms with Gasteiger partial charge in [0.15, 0.2) is 0 Å². The van der Waals surface area contributed by atoms with Gasteiger partial charge in [0, 0.05) is 6.61 Å². The van der Waals surface area contributed by atoms with E-state index in [1.54, 1.807) is 0 Å². The second kappa shape index (κ2) is 8.92. The zero-order valence-electron chi connectivity index (χ0n) is 7.27. The van der Waals surface area contributed by atoms with Crippen LogP contribution in [-0.2, 0) is 0 Å². The molecular weight excluding hydrogens is 126 g/mol. The van der Waals surface area contributed by atoms with E-state index in [4.69, 9.17) is 5.11 Å². The Hall–Kier alpha value is -0.0800. The van der Waals surface area contributed by atoms with Crippen LogP contribution in [0.15, 0.2) is 0 Å². The molecule has 0 amide bonds. The van der Waals surface area contributed by atoms with Crippen LogP contribution >= 0.6 is 0 Å². The van der Waals surface area contributed by atoms with Crippen molar-refractivity contribution in [3.8, 4) is 0 Å². The zero-order chi connectivity index (χ0) is 7.11. The molecule has 1 atom stereocenters. The van der Waals surface area contributed by atoms with Crippen LogP contribution in [0.5, 0.6) is 0 Å². The van der Waals surface area contributed by atoms with Crippen molar-refractivity contribution in [2.24, 2.45) is 5.92 Å². The van der Waals surface area contributed by atoms with E-state index in [9.17, 15) is 0 Å². The highest BCUT2D eigenvalue weighted by Gasteiger charge is 2.01.